The summed E-state index contributed by atoms with van der Waals surface area (Å²) in [7, 11) is 1.63. The molecule has 0 aliphatic rings. The van der Waals surface area contributed by atoms with Crippen molar-refractivity contribution in [3.05, 3.63) is 0 Å². The van der Waals surface area contributed by atoms with Crippen LogP contribution in [0.4, 0.5) is 0 Å². The standard InChI is InChI=1S/C10H19O5.Y/c1-12-5-6-14-9-10-15-8-7-13-4-2-3-11;/h2,4-10H2,1H3;/q-1;. The molecule has 0 aromatic rings. The summed E-state index contributed by atoms with van der Waals surface area (Å²) in [5.74, 6) is 0. The molecular weight excluding hydrogens is 289 g/mol. The van der Waals surface area contributed by atoms with Crippen molar-refractivity contribution in [2.24, 2.45) is 0 Å². The summed E-state index contributed by atoms with van der Waals surface area (Å²) in [4.78, 5) is 9.80. The second kappa shape index (κ2) is 18.0. The van der Waals surface area contributed by atoms with Crippen molar-refractivity contribution >= 4 is 6.29 Å². The molecule has 0 bridgehead atoms. The Kier molecular flexibility index (Phi) is 21.3. The van der Waals surface area contributed by atoms with Gasteiger partial charge in [-0.05, 0) is 0 Å². The molecule has 0 fully saturated rings. The van der Waals surface area contributed by atoms with E-state index < -0.39 is 0 Å². The molecule has 0 spiro atoms. The van der Waals surface area contributed by atoms with Gasteiger partial charge >= 0.3 is 0 Å². The van der Waals surface area contributed by atoms with Gasteiger partial charge in [-0.15, -0.1) is 6.42 Å². The number of carbonyl (C=O) groups excluding carboxylic acids is 1. The van der Waals surface area contributed by atoms with Gasteiger partial charge in [-0.1, -0.05) is 0 Å². The van der Waals surface area contributed by atoms with Crippen molar-refractivity contribution in [1.29, 1.82) is 0 Å². The van der Waals surface area contributed by atoms with E-state index in [0.717, 1.165) is 0 Å². The molecule has 5 nitrogen and oxygen atoms in total. The zero-order valence-corrected chi connectivity index (χ0v) is 12.6. The number of hydrogen-bond donors (Lipinski definition) is 0. The molecule has 93 valence electrons. The van der Waals surface area contributed by atoms with E-state index >= 15 is 0 Å². The molecule has 0 aliphatic heterocycles. The third kappa shape index (κ3) is 17.0. The maximum absolute atomic E-state index is 9.80. The van der Waals surface area contributed by atoms with Gasteiger partial charge in [0.15, 0.2) is 0 Å². The van der Waals surface area contributed by atoms with E-state index in [1.54, 1.807) is 13.4 Å². The summed E-state index contributed by atoms with van der Waals surface area (Å²) < 4.78 is 20.3. The average Bonchev–Trinajstić information content (AvgIpc) is 2.26. The minimum absolute atomic E-state index is 0. The Hall–Kier alpha value is 0.614. The molecule has 0 unspecified atom stereocenters. The fourth-order valence-corrected chi connectivity index (χ4v) is 0.798. The molecule has 0 N–H and O–H groups in total. The fourth-order valence-electron chi connectivity index (χ4n) is 0.798. The molecule has 0 rings (SSSR count). The van der Waals surface area contributed by atoms with Gasteiger partial charge in [0.05, 0.1) is 39.6 Å². The molecule has 1 radical (unpaired) electrons. The smallest absolute Gasteiger partial charge is 0.0701 e. The van der Waals surface area contributed by atoms with E-state index in [9.17, 15) is 4.79 Å². The Morgan fingerprint density at radius 1 is 0.812 bits per heavy atom. The van der Waals surface area contributed by atoms with Crippen LogP contribution in [0.3, 0.4) is 0 Å². The molecule has 0 saturated carbocycles. The van der Waals surface area contributed by atoms with Crippen LogP contribution in [-0.2, 0) is 56.5 Å². The van der Waals surface area contributed by atoms with Crippen LogP contribution in [0.15, 0.2) is 0 Å². The number of hydrogen-bond acceptors (Lipinski definition) is 5. The van der Waals surface area contributed by atoms with E-state index in [4.69, 9.17) is 18.9 Å². The van der Waals surface area contributed by atoms with Gasteiger partial charge in [0, 0.05) is 46.4 Å². The van der Waals surface area contributed by atoms with E-state index in [0.29, 0.717) is 52.7 Å². The van der Waals surface area contributed by atoms with Crippen molar-refractivity contribution in [3.63, 3.8) is 0 Å². The van der Waals surface area contributed by atoms with Crippen LogP contribution in [0, 0.1) is 0 Å². The van der Waals surface area contributed by atoms with E-state index in [-0.39, 0.29) is 32.7 Å². The van der Waals surface area contributed by atoms with Crippen LogP contribution in [0.5, 0.6) is 0 Å². The van der Waals surface area contributed by atoms with Crippen LogP contribution >= 0.6 is 0 Å². The second-order valence-corrected chi connectivity index (χ2v) is 2.72. The Morgan fingerprint density at radius 3 is 1.69 bits per heavy atom. The average molecular weight is 308 g/mol. The first-order valence-corrected chi connectivity index (χ1v) is 4.99. The zero-order valence-electron chi connectivity index (χ0n) is 9.78. The molecule has 16 heavy (non-hydrogen) atoms. The number of ether oxygens (including phenoxy) is 4. The third-order valence-corrected chi connectivity index (χ3v) is 1.52. The van der Waals surface area contributed by atoms with Crippen LogP contribution in [0.1, 0.15) is 6.42 Å². The Balaban J connectivity index is 0. The third-order valence-electron chi connectivity index (χ3n) is 1.52. The first-order valence-electron chi connectivity index (χ1n) is 4.99. The Labute approximate surface area is 122 Å². The van der Waals surface area contributed by atoms with Crippen LogP contribution in [0.2, 0.25) is 0 Å². The molecule has 0 saturated heterocycles. The van der Waals surface area contributed by atoms with Gasteiger partial charge in [-0.2, -0.15) is 0 Å². The van der Waals surface area contributed by atoms with Crippen molar-refractivity contribution in [2.45, 2.75) is 6.42 Å². The number of rotatable bonds is 12. The van der Waals surface area contributed by atoms with Gasteiger partial charge in [0.1, 0.15) is 0 Å². The molecular formula is C10H19O5Y-. The summed E-state index contributed by atoms with van der Waals surface area (Å²) in [5, 5.41) is 0. The molecule has 0 aromatic carbocycles. The van der Waals surface area contributed by atoms with Crippen LogP contribution < -0.4 is 0 Å². The zero-order chi connectivity index (χ0) is 11.2. The van der Waals surface area contributed by atoms with Gasteiger partial charge in [-0.3, -0.25) is 6.29 Å². The van der Waals surface area contributed by atoms with Gasteiger partial charge in [-0.25, -0.2) is 0 Å². The van der Waals surface area contributed by atoms with Crippen LogP contribution in [-0.4, -0.2) is 59.6 Å². The predicted molar refractivity (Wildman–Crippen MR) is 54.6 cm³/mol. The summed E-state index contributed by atoms with van der Waals surface area (Å²) in [5.41, 5.74) is 0. The number of methoxy groups -OCH3 is 1. The minimum Gasteiger partial charge on any atom is -0.542 e. The van der Waals surface area contributed by atoms with Gasteiger partial charge in [0.25, 0.3) is 0 Å². The van der Waals surface area contributed by atoms with E-state index in [1.807, 2.05) is 0 Å². The Bertz CT molecular complexity index is 134. The topological polar surface area (TPSA) is 54.0 Å². The van der Waals surface area contributed by atoms with E-state index in [2.05, 4.69) is 0 Å². The quantitative estimate of drug-likeness (QED) is 0.380. The maximum Gasteiger partial charge on any atom is 0.0701 e. The van der Waals surface area contributed by atoms with Gasteiger partial charge < -0.3 is 23.7 Å². The maximum atomic E-state index is 9.80. The van der Waals surface area contributed by atoms with Crippen molar-refractivity contribution < 1.29 is 56.5 Å². The molecule has 0 aromatic heterocycles. The second-order valence-electron chi connectivity index (χ2n) is 2.72. The summed E-state index contributed by atoms with van der Waals surface area (Å²) >= 11 is 0. The molecule has 0 aliphatic carbocycles. The van der Waals surface area contributed by atoms with Crippen molar-refractivity contribution in [3.8, 4) is 0 Å². The van der Waals surface area contributed by atoms with Gasteiger partial charge in [0.2, 0.25) is 0 Å². The van der Waals surface area contributed by atoms with Crippen LogP contribution in [0.25, 0.3) is 0 Å². The molecule has 0 atom stereocenters. The first kappa shape index (κ1) is 19.0. The summed E-state index contributed by atoms with van der Waals surface area (Å²) in [6.45, 7) is 3.73. The van der Waals surface area contributed by atoms with Crippen molar-refractivity contribution in [2.75, 3.05) is 53.4 Å². The predicted octanol–water partition coefficient (Wildman–Crippen LogP) is 0.180. The van der Waals surface area contributed by atoms with Crippen molar-refractivity contribution in [1.82, 2.24) is 0 Å². The molecule has 0 amide bonds. The molecule has 0 heterocycles. The summed E-state index contributed by atoms with van der Waals surface area (Å²) in [6.07, 6.45) is 2.07. The summed E-state index contributed by atoms with van der Waals surface area (Å²) in [6, 6.07) is 0. The molecule has 6 heteroatoms. The SMILES string of the molecule is COCCOCCOCCOCC[C-]=O.[Y]. The largest absolute Gasteiger partial charge is 0.542 e. The van der Waals surface area contributed by atoms with E-state index in [1.165, 1.54) is 0 Å². The first-order chi connectivity index (χ1) is 7.41. The Morgan fingerprint density at radius 2 is 1.25 bits per heavy atom. The fraction of sp³-hybridized carbons (Fsp3) is 0.900. The minimum atomic E-state index is 0. The monoisotopic (exact) mass is 308 g/mol. The normalized spacial score (nSPS) is 9.81.